The van der Waals surface area contributed by atoms with Crippen LogP contribution >= 0.6 is 0 Å². The molecule has 3 N–H and O–H groups in total. The highest BCUT2D eigenvalue weighted by Gasteiger charge is 2.14. The number of hydrogen-bond acceptors (Lipinski definition) is 4. The van der Waals surface area contributed by atoms with Gasteiger partial charge in [-0.25, -0.2) is 13.8 Å². The molecule has 1 amide bonds. The monoisotopic (exact) mass is 380 g/mol. The number of amides is 1. The molecule has 0 unspecified atom stereocenters. The quantitative estimate of drug-likeness (QED) is 0.672. The molecule has 0 radical (unpaired) electrons. The lowest BCUT2D eigenvalue weighted by Crippen LogP contribution is -2.22. The Morgan fingerprint density at radius 2 is 1.96 bits per heavy atom. The van der Waals surface area contributed by atoms with E-state index in [1.807, 2.05) is 0 Å². The van der Waals surface area contributed by atoms with Crippen molar-refractivity contribution < 1.29 is 13.6 Å². The predicted octanol–water partition coefficient (Wildman–Crippen LogP) is 3.97. The minimum absolute atomic E-state index is 0.120. The lowest BCUT2D eigenvalue weighted by atomic mass is 10.0. The Hall–Kier alpha value is -3.61. The van der Waals surface area contributed by atoms with Gasteiger partial charge < -0.3 is 11.1 Å². The number of nitrogens with one attached hydrogen (secondary N) is 1. The van der Waals surface area contributed by atoms with Gasteiger partial charge in [0.1, 0.15) is 17.3 Å². The minimum atomic E-state index is -0.542. The van der Waals surface area contributed by atoms with Gasteiger partial charge in [0, 0.05) is 23.7 Å². The summed E-state index contributed by atoms with van der Waals surface area (Å²) in [5, 5.41) is 3.25. The third-order valence-corrected chi connectivity index (χ3v) is 4.22. The SMILES string of the molecule is CN=C(C=CN)C(=O)Nc1cc(F)c(-c2ccc3cc(F)ccc3n2)cc1C. The van der Waals surface area contributed by atoms with E-state index < -0.39 is 11.7 Å². The Kier molecular flexibility index (Phi) is 5.44. The molecule has 0 aliphatic rings. The van der Waals surface area contributed by atoms with Crippen molar-refractivity contribution in [1.82, 2.24) is 4.98 Å². The Labute approximate surface area is 160 Å². The number of aromatic nitrogens is 1. The molecule has 0 bridgehead atoms. The summed E-state index contributed by atoms with van der Waals surface area (Å²) in [5.74, 6) is -1.40. The molecule has 0 aliphatic carbocycles. The Morgan fingerprint density at radius 3 is 2.68 bits per heavy atom. The van der Waals surface area contributed by atoms with E-state index in [9.17, 15) is 13.6 Å². The maximum absolute atomic E-state index is 14.7. The number of benzene rings is 2. The number of hydrogen-bond donors (Lipinski definition) is 2. The summed E-state index contributed by atoms with van der Waals surface area (Å²) in [6, 6.07) is 10.4. The third kappa shape index (κ3) is 3.88. The summed E-state index contributed by atoms with van der Waals surface area (Å²) in [5.41, 5.74) is 7.65. The van der Waals surface area contributed by atoms with Crippen LogP contribution in [0.25, 0.3) is 22.2 Å². The number of carbonyl (C=O) groups is 1. The van der Waals surface area contributed by atoms with E-state index in [2.05, 4.69) is 15.3 Å². The first-order valence-electron chi connectivity index (χ1n) is 8.46. The van der Waals surface area contributed by atoms with Gasteiger partial charge >= 0.3 is 0 Å². The maximum atomic E-state index is 14.7. The van der Waals surface area contributed by atoms with E-state index in [1.165, 1.54) is 37.5 Å². The molecule has 2 aromatic carbocycles. The van der Waals surface area contributed by atoms with Gasteiger partial charge in [-0.15, -0.1) is 0 Å². The number of anilines is 1. The number of rotatable bonds is 4. The Balaban J connectivity index is 1.96. The molecule has 142 valence electrons. The summed E-state index contributed by atoms with van der Waals surface area (Å²) >= 11 is 0. The average molecular weight is 380 g/mol. The van der Waals surface area contributed by atoms with Gasteiger partial charge in [0.25, 0.3) is 5.91 Å². The number of nitrogens with two attached hydrogens (primary N) is 1. The van der Waals surface area contributed by atoms with Crippen LogP contribution in [-0.4, -0.2) is 23.7 Å². The zero-order valence-electron chi connectivity index (χ0n) is 15.3. The van der Waals surface area contributed by atoms with E-state index in [4.69, 9.17) is 5.73 Å². The van der Waals surface area contributed by atoms with Crippen molar-refractivity contribution in [1.29, 1.82) is 0 Å². The smallest absolute Gasteiger partial charge is 0.273 e. The van der Waals surface area contributed by atoms with E-state index >= 15 is 0 Å². The highest BCUT2D eigenvalue weighted by Crippen LogP contribution is 2.29. The van der Waals surface area contributed by atoms with Crippen LogP contribution in [0.2, 0.25) is 0 Å². The molecule has 0 fully saturated rings. The normalized spacial score (nSPS) is 11.9. The van der Waals surface area contributed by atoms with Crippen molar-refractivity contribution >= 4 is 28.2 Å². The zero-order valence-corrected chi connectivity index (χ0v) is 15.3. The van der Waals surface area contributed by atoms with Crippen molar-refractivity contribution in [3.05, 3.63) is 71.9 Å². The molecular formula is C21H18F2N4O. The van der Waals surface area contributed by atoms with Crippen molar-refractivity contribution in [2.75, 3.05) is 12.4 Å². The fraction of sp³-hybridized carbons (Fsp3) is 0.0952. The molecule has 1 aromatic heterocycles. The number of nitrogens with zero attached hydrogens (tertiary/aromatic N) is 2. The van der Waals surface area contributed by atoms with Crippen LogP contribution in [0.4, 0.5) is 14.5 Å². The van der Waals surface area contributed by atoms with Crippen LogP contribution in [0.15, 0.2) is 59.7 Å². The fourth-order valence-corrected chi connectivity index (χ4v) is 2.79. The summed E-state index contributed by atoms with van der Waals surface area (Å²) in [6.07, 6.45) is 2.56. The minimum Gasteiger partial charge on any atom is -0.405 e. The largest absolute Gasteiger partial charge is 0.405 e. The molecule has 0 atom stereocenters. The van der Waals surface area contributed by atoms with E-state index in [0.29, 0.717) is 27.8 Å². The molecule has 28 heavy (non-hydrogen) atoms. The molecule has 1 heterocycles. The van der Waals surface area contributed by atoms with E-state index in [0.717, 1.165) is 0 Å². The molecule has 3 aromatic rings. The number of pyridine rings is 1. The fourth-order valence-electron chi connectivity index (χ4n) is 2.79. The van der Waals surface area contributed by atoms with Crippen molar-refractivity contribution in [2.24, 2.45) is 10.7 Å². The molecule has 7 heteroatoms. The van der Waals surface area contributed by atoms with Crippen LogP contribution in [0, 0.1) is 18.6 Å². The topological polar surface area (TPSA) is 80.4 Å². The first-order valence-corrected chi connectivity index (χ1v) is 8.46. The number of carbonyl (C=O) groups excluding carboxylic acids is 1. The Bertz CT molecular complexity index is 1120. The van der Waals surface area contributed by atoms with Gasteiger partial charge in [0.2, 0.25) is 0 Å². The summed E-state index contributed by atoms with van der Waals surface area (Å²) < 4.78 is 28.1. The van der Waals surface area contributed by atoms with Gasteiger partial charge in [0.05, 0.1) is 11.2 Å². The number of fused-ring (bicyclic) bond motifs is 1. The second-order valence-corrected chi connectivity index (χ2v) is 6.10. The molecule has 0 spiro atoms. The molecule has 5 nitrogen and oxygen atoms in total. The number of aryl methyl sites for hydroxylation is 1. The van der Waals surface area contributed by atoms with Crippen LogP contribution in [0.5, 0.6) is 0 Å². The highest BCUT2D eigenvalue weighted by molar-refractivity contribution is 6.47. The molecule has 0 aliphatic heterocycles. The highest BCUT2D eigenvalue weighted by atomic mass is 19.1. The van der Waals surface area contributed by atoms with Crippen LogP contribution in [0.3, 0.4) is 0 Å². The van der Waals surface area contributed by atoms with Gasteiger partial charge in [-0.3, -0.25) is 9.79 Å². The number of aliphatic imine (C=N–C) groups is 1. The summed E-state index contributed by atoms with van der Waals surface area (Å²) in [7, 11) is 1.46. The van der Waals surface area contributed by atoms with Gasteiger partial charge in [-0.2, -0.15) is 0 Å². The van der Waals surface area contributed by atoms with Crippen LogP contribution < -0.4 is 11.1 Å². The van der Waals surface area contributed by atoms with Crippen molar-refractivity contribution in [3.8, 4) is 11.3 Å². The average Bonchev–Trinajstić information content (AvgIpc) is 2.68. The molecule has 0 saturated heterocycles. The van der Waals surface area contributed by atoms with Crippen LogP contribution in [0.1, 0.15) is 5.56 Å². The summed E-state index contributed by atoms with van der Waals surface area (Å²) in [6.45, 7) is 1.75. The lowest BCUT2D eigenvalue weighted by Gasteiger charge is -2.12. The summed E-state index contributed by atoms with van der Waals surface area (Å²) in [4.78, 5) is 20.5. The maximum Gasteiger partial charge on any atom is 0.273 e. The van der Waals surface area contributed by atoms with Gasteiger partial charge in [-0.1, -0.05) is 6.07 Å². The number of halogens is 2. The van der Waals surface area contributed by atoms with Crippen molar-refractivity contribution in [2.45, 2.75) is 6.92 Å². The molecular weight excluding hydrogens is 362 g/mol. The van der Waals surface area contributed by atoms with Crippen LogP contribution in [-0.2, 0) is 4.79 Å². The van der Waals surface area contributed by atoms with Crippen molar-refractivity contribution in [3.63, 3.8) is 0 Å². The standard InChI is InChI=1S/C21H18F2N4O/c1-12-9-15(18-5-3-13-10-14(22)4-6-17(13)26-18)16(23)11-20(12)27-21(28)19(25-2)7-8-24/h3-11H,24H2,1-2H3,(H,27,28). The second kappa shape index (κ2) is 7.96. The zero-order chi connectivity index (χ0) is 20.3. The van der Waals surface area contributed by atoms with E-state index in [-0.39, 0.29) is 17.1 Å². The first-order chi connectivity index (χ1) is 13.4. The van der Waals surface area contributed by atoms with Gasteiger partial charge in [-0.05, 0) is 61.2 Å². The van der Waals surface area contributed by atoms with E-state index in [1.54, 1.807) is 31.2 Å². The lowest BCUT2D eigenvalue weighted by molar-refractivity contribution is -0.110. The molecule has 0 saturated carbocycles. The second-order valence-electron chi connectivity index (χ2n) is 6.10. The first kappa shape index (κ1) is 19.2. The predicted molar refractivity (Wildman–Crippen MR) is 107 cm³/mol. The third-order valence-electron chi connectivity index (χ3n) is 4.22. The Morgan fingerprint density at radius 1 is 1.18 bits per heavy atom. The van der Waals surface area contributed by atoms with Gasteiger partial charge in [0.15, 0.2) is 0 Å². The molecule has 3 rings (SSSR count).